The van der Waals surface area contributed by atoms with Crippen LogP contribution in [0.2, 0.25) is 5.02 Å². The molecule has 0 saturated carbocycles. The summed E-state index contributed by atoms with van der Waals surface area (Å²) in [5, 5.41) is 0.496. The van der Waals surface area contributed by atoms with Gasteiger partial charge >= 0.3 is 0 Å². The van der Waals surface area contributed by atoms with Crippen molar-refractivity contribution in [1.29, 1.82) is 0 Å². The molecule has 0 fully saturated rings. The third-order valence-corrected chi connectivity index (χ3v) is 6.01. The van der Waals surface area contributed by atoms with E-state index in [4.69, 9.17) is 16.3 Å². The number of halogens is 1. The standard InChI is InChI=1S/C20H17ClO3S/c1-14-3-6-18(13-15(14)2)24-17-7-11-20(12-8-17)25(22,23)19-9-4-16(21)5-10-19/h3-13H,1-2H3. The molecule has 128 valence electrons. The van der Waals surface area contributed by atoms with E-state index in [0.717, 1.165) is 11.3 Å². The molecule has 0 aliphatic carbocycles. The molecule has 0 unspecified atom stereocenters. The fourth-order valence-corrected chi connectivity index (χ4v) is 3.74. The Morgan fingerprint density at radius 1 is 0.720 bits per heavy atom. The molecule has 0 aromatic heterocycles. The molecular weight excluding hydrogens is 356 g/mol. The Labute approximate surface area is 152 Å². The van der Waals surface area contributed by atoms with Crippen LogP contribution in [0.5, 0.6) is 11.5 Å². The Morgan fingerprint density at radius 3 is 1.80 bits per heavy atom. The first-order chi connectivity index (χ1) is 11.9. The van der Waals surface area contributed by atoms with Crippen molar-refractivity contribution >= 4 is 21.4 Å². The molecule has 25 heavy (non-hydrogen) atoms. The Morgan fingerprint density at radius 2 is 1.24 bits per heavy atom. The van der Waals surface area contributed by atoms with E-state index in [2.05, 4.69) is 0 Å². The van der Waals surface area contributed by atoms with Gasteiger partial charge in [0.1, 0.15) is 11.5 Å². The average Bonchev–Trinajstić information content (AvgIpc) is 2.59. The van der Waals surface area contributed by atoms with Crippen LogP contribution >= 0.6 is 11.6 Å². The minimum absolute atomic E-state index is 0.208. The van der Waals surface area contributed by atoms with Crippen molar-refractivity contribution in [2.75, 3.05) is 0 Å². The van der Waals surface area contributed by atoms with E-state index in [9.17, 15) is 8.42 Å². The van der Waals surface area contributed by atoms with Gasteiger partial charge in [-0.15, -0.1) is 0 Å². The maximum Gasteiger partial charge on any atom is 0.206 e. The molecule has 3 rings (SSSR count). The minimum Gasteiger partial charge on any atom is -0.457 e. The minimum atomic E-state index is -3.57. The zero-order valence-electron chi connectivity index (χ0n) is 13.9. The Balaban J connectivity index is 1.84. The quantitative estimate of drug-likeness (QED) is 0.600. The zero-order chi connectivity index (χ0) is 18.0. The SMILES string of the molecule is Cc1ccc(Oc2ccc(S(=O)(=O)c3ccc(Cl)cc3)cc2)cc1C. The lowest BCUT2D eigenvalue weighted by atomic mass is 10.1. The molecule has 0 aliphatic rings. The van der Waals surface area contributed by atoms with Crippen LogP contribution in [0.1, 0.15) is 11.1 Å². The van der Waals surface area contributed by atoms with Crippen LogP contribution in [0.4, 0.5) is 0 Å². The summed E-state index contributed by atoms with van der Waals surface area (Å²) in [6.07, 6.45) is 0. The van der Waals surface area contributed by atoms with E-state index >= 15 is 0 Å². The summed E-state index contributed by atoms with van der Waals surface area (Å²) < 4.78 is 31.0. The van der Waals surface area contributed by atoms with Crippen LogP contribution in [0.15, 0.2) is 76.5 Å². The fraction of sp³-hybridized carbons (Fsp3) is 0.100. The lowest BCUT2D eigenvalue weighted by molar-refractivity contribution is 0.481. The van der Waals surface area contributed by atoms with Gasteiger partial charge in [0, 0.05) is 5.02 Å². The highest BCUT2D eigenvalue weighted by Gasteiger charge is 2.17. The smallest absolute Gasteiger partial charge is 0.206 e. The predicted octanol–water partition coefficient (Wildman–Crippen LogP) is 5.58. The van der Waals surface area contributed by atoms with Crippen molar-refractivity contribution in [3.8, 4) is 11.5 Å². The molecule has 3 nitrogen and oxygen atoms in total. The molecule has 0 amide bonds. The molecule has 3 aromatic carbocycles. The third-order valence-electron chi connectivity index (χ3n) is 3.97. The summed E-state index contributed by atoms with van der Waals surface area (Å²) in [5.41, 5.74) is 2.33. The number of hydrogen-bond donors (Lipinski definition) is 0. The highest BCUT2D eigenvalue weighted by Crippen LogP contribution is 2.27. The molecule has 5 heteroatoms. The summed E-state index contributed by atoms with van der Waals surface area (Å²) in [6.45, 7) is 4.06. The second-order valence-electron chi connectivity index (χ2n) is 5.78. The van der Waals surface area contributed by atoms with E-state index < -0.39 is 9.84 Å². The van der Waals surface area contributed by atoms with Gasteiger partial charge in [0.25, 0.3) is 0 Å². The van der Waals surface area contributed by atoms with Crippen LogP contribution in [0, 0.1) is 13.8 Å². The van der Waals surface area contributed by atoms with Gasteiger partial charge in [-0.05, 0) is 85.6 Å². The molecule has 0 atom stereocenters. The van der Waals surface area contributed by atoms with Crippen LogP contribution in [0.25, 0.3) is 0 Å². The Bertz CT molecular complexity index is 992. The molecule has 3 aromatic rings. The molecule has 0 saturated heterocycles. The molecular formula is C20H17ClO3S. The van der Waals surface area contributed by atoms with E-state index in [-0.39, 0.29) is 9.79 Å². The van der Waals surface area contributed by atoms with Crippen LogP contribution < -0.4 is 4.74 Å². The first-order valence-corrected chi connectivity index (χ1v) is 9.58. The van der Waals surface area contributed by atoms with Crippen LogP contribution in [0.3, 0.4) is 0 Å². The highest BCUT2D eigenvalue weighted by molar-refractivity contribution is 7.91. The molecule has 0 aliphatic heterocycles. The summed E-state index contributed by atoms with van der Waals surface area (Å²) in [6, 6.07) is 18.3. The van der Waals surface area contributed by atoms with E-state index in [1.165, 1.54) is 17.7 Å². The van der Waals surface area contributed by atoms with E-state index in [0.29, 0.717) is 10.8 Å². The van der Waals surface area contributed by atoms with Crippen molar-refractivity contribution in [1.82, 2.24) is 0 Å². The fourth-order valence-electron chi connectivity index (χ4n) is 2.35. The van der Waals surface area contributed by atoms with Crippen LogP contribution in [-0.2, 0) is 9.84 Å². The van der Waals surface area contributed by atoms with Gasteiger partial charge in [0.05, 0.1) is 9.79 Å². The van der Waals surface area contributed by atoms with Gasteiger partial charge in [-0.25, -0.2) is 8.42 Å². The zero-order valence-corrected chi connectivity index (χ0v) is 15.4. The predicted molar refractivity (Wildman–Crippen MR) is 99.3 cm³/mol. The first-order valence-electron chi connectivity index (χ1n) is 7.72. The maximum atomic E-state index is 12.6. The van der Waals surface area contributed by atoms with Crippen molar-refractivity contribution in [3.05, 3.63) is 82.9 Å². The Kier molecular flexibility index (Phi) is 4.84. The molecule has 0 N–H and O–H groups in total. The number of rotatable bonds is 4. The first kappa shape index (κ1) is 17.5. The number of aryl methyl sites for hydroxylation is 2. The summed E-state index contributed by atoms with van der Waals surface area (Å²) in [4.78, 5) is 0.419. The van der Waals surface area contributed by atoms with Crippen LogP contribution in [-0.4, -0.2) is 8.42 Å². The lowest BCUT2D eigenvalue weighted by Crippen LogP contribution is -2.01. The third kappa shape index (κ3) is 3.86. The molecule has 0 bridgehead atoms. The topological polar surface area (TPSA) is 43.4 Å². The number of benzene rings is 3. The molecule has 0 spiro atoms. The summed E-state index contributed by atoms with van der Waals surface area (Å²) in [7, 11) is -3.57. The number of ether oxygens (including phenoxy) is 1. The van der Waals surface area contributed by atoms with Crippen molar-refractivity contribution < 1.29 is 13.2 Å². The number of hydrogen-bond acceptors (Lipinski definition) is 3. The largest absolute Gasteiger partial charge is 0.457 e. The van der Waals surface area contributed by atoms with Gasteiger partial charge < -0.3 is 4.74 Å². The second-order valence-corrected chi connectivity index (χ2v) is 8.16. The maximum absolute atomic E-state index is 12.6. The monoisotopic (exact) mass is 372 g/mol. The Hall–Kier alpha value is -2.30. The average molecular weight is 373 g/mol. The molecule has 0 heterocycles. The van der Waals surface area contributed by atoms with Gasteiger partial charge in [-0.3, -0.25) is 0 Å². The van der Waals surface area contributed by atoms with Crippen molar-refractivity contribution in [3.63, 3.8) is 0 Å². The lowest BCUT2D eigenvalue weighted by Gasteiger charge is -2.09. The molecule has 0 radical (unpaired) electrons. The van der Waals surface area contributed by atoms with Crippen molar-refractivity contribution in [2.45, 2.75) is 23.6 Å². The van der Waals surface area contributed by atoms with Gasteiger partial charge in [-0.1, -0.05) is 17.7 Å². The van der Waals surface area contributed by atoms with Crippen molar-refractivity contribution in [2.24, 2.45) is 0 Å². The van der Waals surface area contributed by atoms with Gasteiger partial charge in [0.2, 0.25) is 9.84 Å². The number of sulfone groups is 1. The van der Waals surface area contributed by atoms with Gasteiger partial charge in [0.15, 0.2) is 0 Å². The summed E-state index contributed by atoms with van der Waals surface area (Å²) in [5.74, 6) is 1.30. The highest BCUT2D eigenvalue weighted by atomic mass is 35.5. The summed E-state index contributed by atoms with van der Waals surface area (Å²) >= 11 is 5.82. The van der Waals surface area contributed by atoms with E-state index in [1.807, 2.05) is 32.0 Å². The second kappa shape index (κ2) is 6.90. The van der Waals surface area contributed by atoms with Gasteiger partial charge in [-0.2, -0.15) is 0 Å². The normalized spacial score (nSPS) is 11.3. The van der Waals surface area contributed by atoms with E-state index in [1.54, 1.807) is 36.4 Å².